The SMILES string of the molecule is CCSC1CCC(N2CC(C(C)(C)C)NCC2CC)C1. The normalized spacial score (nSPS) is 36.5. The van der Waals surface area contributed by atoms with Crippen LogP contribution in [0.2, 0.25) is 0 Å². The molecule has 0 aromatic heterocycles. The molecule has 0 radical (unpaired) electrons. The van der Waals surface area contributed by atoms with Crippen LogP contribution in [0.3, 0.4) is 0 Å². The van der Waals surface area contributed by atoms with E-state index in [0.717, 1.165) is 17.3 Å². The molecule has 1 aliphatic heterocycles. The first kappa shape index (κ1) is 16.6. The Morgan fingerprint density at radius 2 is 1.95 bits per heavy atom. The third-order valence-corrected chi connectivity index (χ3v) is 6.44. The van der Waals surface area contributed by atoms with Gasteiger partial charge in [-0.05, 0) is 36.9 Å². The molecule has 2 aliphatic rings. The minimum absolute atomic E-state index is 0.368. The van der Waals surface area contributed by atoms with Gasteiger partial charge in [-0.15, -0.1) is 0 Å². The third kappa shape index (κ3) is 3.92. The summed E-state index contributed by atoms with van der Waals surface area (Å²) in [5.74, 6) is 1.28. The third-order valence-electron chi connectivity index (χ3n) is 5.21. The van der Waals surface area contributed by atoms with Crippen LogP contribution in [0.5, 0.6) is 0 Å². The molecule has 2 nitrogen and oxygen atoms in total. The van der Waals surface area contributed by atoms with E-state index in [4.69, 9.17) is 0 Å². The van der Waals surface area contributed by atoms with Crippen LogP contribution in [0.25, 0.3) is 0 Å². The molecule has 1 N–H and O–H groups in total. The number of thioether (sulfide) groups is 1. The zero-order chi connectivity index (χ0) is 14.8. The van der Waals surface area contributed by atoms with Crippen molar-refractivity contribution in [2.24, 2.45) is 5.41 Å². The lowest BCUT2D eigenvalue weighted by Crippen LogP contribution is -2.62. The first-order valence-corrected chi connectivity index (χ1v) is 9.61. The molecule has 0 spiro atoms. The molecule has 2 fully saturated rings. The van der Waals surface area contributed by atoms with Gasteiger partial charge in [0, 0.05) is 36.5 Å². The van der Waals surface area contributed by atoms with E-state index in [9.17, 15) is 0 Å². The maximum Gasteiger partial charge on any atom is 0.0244 e. The van der Waals surface area contributed by atoms with E-state index in [0.29, 0.717) is 11.5 Å². The predicted octanol–water partition coefficient (Wildman–Crippen LogP) is 3.76. The van der Waals surface area contributed by atoms with Gasteiger partial charge in [-0.3, -0.25) is 4.90 Å². The van der Waals surface area contributed by atoms with Gasteiger partial charge in [0.2, 0.25) is 0 Å². The minimum Gasteiger partial charge on any atom is -0.311 e. The molecule has 1 saturated heterocycles. The van der Waals surface area contributed by atoms with Crippen molar-refractivity contribution in [2.45, 2.75) is 83.7 Å². The molecule has 3 heteroatoms. The molecule has 0 aromatic rings. The molecule has 118 valence electrons. The molecule has 4 unspecified atom stereocenters. The van der Waals surface area contributed by atoms with Gasteiger partial charge < -0.3 is 5.32 Å². The molecule has 0 amide bonds. The summed E-state index contributed by atoms with van der Waals surface area (Å²) in [5.41, 5.74) is 0.368. The second kappa shape index (κ2) is 7.02. The highest BCUT2D eigenvalue weighted by molar-refractivity contribution is 7.99. The largest absolute Gasteiger partial charge is 0.311 e. The van der Waals surface area contributed by atoms with E-state index in [1.54, 1.807) is 0 Å². The summed E-state index contributed by atoms with van der Waals surface area (Å²) < 4.78 is 0. The quantitative estimate of drug-likeness (QED) is 0.851. The van der Waals surface area contributed by atoms with Crippen molar-refractivity contribution in [3.05, 3.63) is 0 Å². The van der Waals surface area contributed by atoms with E-state index < -0.39 is 0 Å². The number of rotatable bonds is 4. The fourth-order valence-corrected chi connectivity index (χ4v) is 4.96. The first-order valence-electron chi connectivity index (χ1n) is 8.56. The molecule has 0 aromatic carbocycles. The van der Waals surface area contributed by atoms with Gasteiger partial charge in [0.05, 0.1) is 0 Å². The molecule has 20 heavy (non-hydrogen) atoms. The van der Waals surface area contributed by atoms with E-state index in [1.807, 2.05) is 0 Å². The van der Waals surface area contributed by atoms with Crippen molar-refractivity contribution >= 4 is 11.8 Å². The molecule has 1 heterocycles. The Bertz CT molecular complexity index is 300. The minimum atomic E-state index is 0.368. The van der Waals surface area contributed by atoms with E-state index in [-0.39, 0.29) is 0 Å². The summed E-state index contributed by atoms with van der Waals surface area (Å²) in [5, 5.41) is 4.72. The van der Waals surface area contributed by atoms with Crippen molar-refractivity contribution in [1.29, 1.82) is 0 Å². The van der Waals surface area contributed by atoms with Crippen LogP contribution < -0.4 is 5.32 Å². The highest BCUT2D eigenvalue weighted by Gasteiger charge is 2.39. The van der Waals surface area contributed by atoms with E-state index >= 15 is 0 Å². The molecular formula is C17H34N2S. The van der Waals surface area contributed by atoms with E-state index in [2.05, 4.69) is 56.6 Å². The number of hydrogen-bond acceptors (Lipinski definition) is 3. The molecule has 1 saturated carbocycles. The van der Waals surface area contributed by atoms with Crippen LogP contribution in [0.4, 0.5) is 0 Å². The molecule has 2 rings (SSSR count). The lowest BCUT2D eigenvalue weighted by molar-refractivity contribution is 0.0497. The van der Waals surface area contributed by atoms with Crippen LogP contribution in [0.15, 0.2) is 0 Å². The van der Waals surface area contributed by atoms with Crippen LogP contribution in [0, 0.1) is 5.41 Å². The van der Waals surface area contributed by atoms with Crippen molar-refractivity contribution in [3.63, 3.8) is 0 Å². The number of nitrogens with zero attached hydrogens (tertiary/aromatic N) is 1. The monoisotopic (exact) mass is 298 g/mol. The van der Waals surface area contributed by atoms with E-state index in [1.165, 1.54) is 44.5 Å². The Morgan fingerprint density at radius 1 is 1.20 bits per heavy atom. The van der Waals surface area contributed by atoms with Gasteiger partial charge in [-0.25, -0.2) is 0 Å². The fourth-order valence-electron chi connectivity index (χ4n) is 3.83. The Hall–Kier alpha value is 0.270. The lowest BCUT2D eigenvalue weighted by atomic mass is 9.84. The van der Waals surface area contributed by atoms with Crippen LogP contribution >= 0.6 is 11.8 Å². The van der Waals surface area contributed by atoms with Gasteiger partial charge in [-0.1, -0.05) is 34.6 Å². The summed E-state index contributed by atoms with van der Waals surface area (Å²) in [6.45, 7) is 14.2. The average molecular weight is 299 g/mol. The van der Waals surface area contributed by atoms with Crippen molar-refractivity contribution in [2.75, 3.05) is 18.8 Å². The topological polar surface area (TPSA) is 15.3 Å². The zero-order valence-electron chi connectivity index (χ0n) is 14.1. The summed E-state index contributed by atoms with van der Waals surface area (Å²) in [4.78, 5) is 2.86. The van der Waals surface area contributed by atoms with Crippen LogP contribution in [-0.2, 0) is 0 Å². The summed E-state index contributed by atoms with van der Waals surface area (Å²) in [6, 6.07) is 2.24. The summed E-state index contributed by atoms with van der Waals surface area (Å²) in [6.07, 6.45) is 5.56. The molecule has 1 aliphatic carbocycles. The Balaban J connectivity index is 1.99. The highest BCUT2D eigenvalue weighted by Crippen LogP contribution is 2.35. The second-order valence-electron chi connectivity index (χ2n) is 7.63. The Labute approximate surface area is 130 Å². The van der Waals surface area contributed by atoms with Gasteiger partial charge in [-0.2, -0.15) is 11.8 Å². The van der Waals surface area contributed by atoms with Gasteiger partial charge in [0.15, 0.2) is 0 Å². The second-order valence-corrected chi connectivity index (χ2v) is 9.21. The lowest BCUT2D eigenvalue weighted by Gasteiger charge is -2.47. The summed E-state index contributed by atoms with van der Waals surface area (Å²) in [7, 11) is 0. The van der Waals surface area contributed by atoms with Crippen molar-refractivity contribution in [1.82, 2.24) is 10.2 Å². The number of nitrogens with one attached hydrogen (secondary N) is 1. The van der Waals surface area contributed by atoms with Gasteiger partial charge in [0.1, 0.15) is 0 Å². The van der Waals surface area contributed by atoms with Crippen molar-refractivity contribution in [3.8, 4) is 0 Å². The van der Waals surface area contributed by atoms with Gasteiger partial charge >= 0.3 is 0 Å². The molecule has 4 atom stereocenters. The average Bonchev–Trinajstić information content (AvgIpc) is 2.86. The molecule has 0 bridgehead atoms. The van der Waals surface area contributed by atoms with Crippen LogP contribution in [-0.4, -0.2) is 47.1 Å². The summed E-state index contributed by atoms with van der Waals surface area (Å²) >= 11 is 2.18. The maximum absolute atomic E-state index is 3.80. The predicted molar refractivity (Wildman–Crippen MR) is 91.6 cm³/mol. The Kier molecular flexibility index (Phi) is 5.84. The maximum atomic E-state index is 3.80. The van der Waals surface area contributed by atoms with Crippen LogP contribution in [0.1, 0.15) is 60.3 Å². The van der Waals surface area contributed by atoms with Crippen molar-refractivity contribution < 1.29 is 0 Å². The molecular weight excluding hydrogens is 264 g/mol. The number of hydrogen-bond donors (Lipinski definition) is 1. The number of piperazine rings is 1. The first-order chi connectivity index (χ1) is 9.45. The fraction of sp³-hybridized carbons (Fsp3) is 1.00. The zero-order valence-corrected chi connectivity index (χ0v) is 14.9. The smallest absolute Gasteiger partial charge is 0.0244 e. The Morgan fingerprint density at radius 3 is 2.55 bits per heavy atom. The van der Waals surface area contributed by atoms with Gasteiger partial charge in [0.25, 0.3) is 0 Å². The highest BCUT2D eigenvalue weighted by atomic mass is 32.2. The standard InChI is InChI=1S/C17H34N2S/c1-6-13-11-18-16(17(3,4)5)12-19(13)14-8-9-15(10-14)20-7-2/h13-16,18H,6-12H2,1-5H3.